The average molecular weight is 866 g/mol. The molecule has 1 atom stereocenters. The molecule has 1 spiro atoms. The summed E-state index contributed by atoms with van der Waals surface area (Å²) in [6.07, 6.45) is 0. The molecule has 11 aromatic carbocycles. The van der Waals surface area contributed by atoms with Crippen molar-refractivity contribution in [3.05, 3.63) is 283 Å². The van der Waals surface area contributed by atoms with Gasteiger partial charge in [0.05, 0.1) is 27.8 Å². The minimum atomic E-state index is -0.626. The first kappa shape index (κ1) is 38.4. The lowest BCUT2D eigenvalue weighted by atomic mass is 9.70. The lowest BCUT2D eigenvalue weighted by Crippen LogP contribution is -2.26. The standard InChI is InChI=1S/C65H43N3/c1-5-22-44(23-6-1)66(45-24-7-2-8-25-45)48-40-41-50-49-30-15-18-36-56(49)65(58(50)42-48)57-37-19-16-34-55(57)63-53-33-14-13-31-51(53)62(43-59(63)65)67(46-26-9-3-10-27-46)61-39-21-35-54-52-32-17-20-38-60(52)68(64(54)61)47-28-11-4-12-29-47/h1-43H. The van der Waals surface area contributed by atoms with Crippen LogP contribution in [0.3, 0.4) is 0 Å². The molecule has 3 heteroatoms. The van der Waals surface area contributed by atoms with E-state index >= 15 is 0 Å². The summed E-state index contributed by atoms with van der Waals surface area (Å²) in [6, 6.07) is 96.2. The molecule has 68 heavy (non-hydrogen) atoms. The molecular weight excluding hydrogens is 823 g/mol. The Kier molecular flexibility index (Phi) is 8.50. The van der Waals surface area contributed by atoms with E-state index in [1.807, 2.05) is 0 Å². The number of benzene rings is 11. The Labute approximate surface area is 395 Å². The number of anilines is 6. The van der Waals surface area contributed by atoms with Gasteiger partial charge in [-0.05, 0) is 129 Å². The van der Waals surface area contributed by atoms with Crippen LogP contribution in [0, 0.1) is 0 Å². The highest BCUT2D eigenvalue weighted by atomic mass is 15.2. The summed E-state index contributed by atoms with van der Waals surface area (Å²) in [5.41, 5.74) is 19.8. The van der Waals surface area contributed by atoms with Gasteiger partial charge in [-0.1, -0.05) is 182 Å². The maximum absolute atomic E-state index is 2.56. The Hall–Kier alpha value is -8.92. The Morgan fingerprint density at radius 2 is 0.809 bits per heavy atom. The second kappa shape index (κ2) is 15.1. The summed E-state index contributed by atoms with van der Waals surface area (Å²) < 4.78 is 2.46. The van der Waals surface area contributed by atoms with Gasteiger partial charge in [0, 0.05) is 44.6 Å². The van der Waals surface area contributed by atoms with E-state index < -0.39 is 5.41 Å². The predicted molar refractivity (Wildman–Crippen MR) is 284 cm³/mol. The smallest absolute Gasteiger partial charge is 0.0782 e. The molecule has 2 aliphatic rings. The molecule has 0 saturated carbocycles. The van der Waals surface area contributed by atoms with Gasteiger partial charge in [-0.3, -0.25) is 0 Å². The highest BCUT2D eigenvalue weighted by Gasteiger charge is 2.52. The van der Waals surface area contributed by atoms with Crippen LogP contribution in [0.2, 0.25) is 0 Å². The van der Waals surface area contributed by atoms with Crippen LogP contribution in [0.1, 0.15) is 22.3 Å². The first-order valence-corrected chi connectivity index (χ1v) is 23.5. The Bertz CT molecular complexity index is 3870. The molecule has 0 fully saturated rings. The third kappa shape index (κ3) is 5.41. The van der Waals surface area contributed by atoms with Crippen LogP contribution in [0.15, 0.2) is 261 Å². The van der Waals surface area contributed by atoms with Gasteiger partial charge in [0.25, 0.3) is 0 Å². The van der Waals surface area contributed by atoms with Gasteiger partial charge in [-0.2, -0.15) is 0 Å². The summed E-state index contributed by atoms with van der Waals surface area (Å²) in [5.74, 6) is 0. The van der Waals surface area contributed by atoms with Gasteiger partial charge in [-0.25, -0.2) is 0 Å². The monoisotopic (exact) mass is 865 g/mol. The van der Waals surface area contributed by atoms with Crippen molar-refractivity contribution in [2.75, 3.05) is 9.80 Å². The van der Waals surface area contributed by atoms with Crippen LogP contribution >= 0.6 is 0 Å². The third-order valence-electron chi connectivity index (χ3n) is 14.5. The van der Waals surface area contributed by atoms with Gasteiger partial charge in [0.2, 0.25) is 0 Å². The average Bonchev–Trinajstić information content (AvgIpc) is 4.02. The maximum atomic E-state index is 2.56. The Morgan fingerprint density at radius 3 is 1.50 bits per heavy atom. The van der Waals surface area contributed by atoms with E-state index in [-0.39, 0.29) is 0 Å². The summed E-state index contributed by atoms with van der Waals surface area (Å²) in [6.45, 7) is 0. The normalized spacial score (nSPS) is 14.2. The molecule has 0 N–H and O–H groups in total. The zero-order valence-electron chi connectivity index (χ0n) is 37.2. The number of para-hydroxylation sites is 6. The zero-order chi connectivity index (χ0) is 44.8. The van der Waals surface area contributed by atoms with E-state index in [1.54, 1.807) is 0 Å². The van der Waals surface area contributed by atoms with Crippen LogP contribution in [0.4, 0.5) is 34.1 Å². The lowest BCUT2D eigenvalue weighted by Gasteiger charge is -2.34. The van der Waals surface area contributed by atoms with E-state index in [9.17, 15) is 0 Å². The fraction of sp³-hybridized carbons (Fsp3) is 0.0154. The van der Waals surface area contributed by atoms with E-state index in [4.69, 9.17) is 0 Å². The van der Waals surface area contributed by atoms with E-state index in [0.717, 1.165) is 45.3 Å². The van der Waals surface area contributed by atoms with Gasteiger partial charge in [0.1, 0.15) is 0 Å². The first-order chi connectivity index (χ1) is 33.8. The molecule has 0 saturated heterocycles. The quantitative estimate of drug-likeness (QED) is 0.158. The maximum Gasteiger partial charge on any atom is 0.0782 e. The highest BCUT2D eigenvalue weighted by Crippen LogP contribution is 2.65. The molecule has 0 aliphatic heterocycles. The van der Waals surface area contributed by atoms with Crippen LogP contribution in [-0.4, -0.2) is 4.57 Å². The van der Waals surface area contributed by atoms with Crippen molar-refractivity contribution in [2.45, 2.75) is 5.41 Å². The lowest BCUT2D eigenvalue weighted by molar-refractivity contribution is 0.794. The summed E-state index contributed by atoms with van der Waals surface area (Å²) in [4.78, 5) is 4.93. The summed E-state index contributed by atoms with van der Waals surface area (Å²) in [5, 5.41) is 4.87. The van der Waals surface area contributed by atoms with E-state index in [1.165, 1.54) is 71.6 Å². The summed E-state index contributed by atoms with van der Waals surface area (Å²) in [7, 11) is 0. The highest BCUT2D eigenvalue weighted by molar-refractivity contribution is 6.17. The number of hydrogen-bond acceptors (Lipinski definition) is 2. The van der Waals surface area contributed by atoms with Gasteiger partial charge in [-0.15, -0.1) is 0 Å². The van der Waals surface area contributed by atoms with Crippen molar-refractivity contribution in [1.82, 2.24) is 4.57 Å². The van der Waals surface area contributed by atoms with Crippen molar-refractivity contribution < 1.29 is 0 Å². The second-order valence-corrected chi connectivity index (χ2v) is 18.0. The largest absolute Gasteiger partial charge is 0.310 e. The Morgan fingerprint density at radius 1 is 0.294 bits per heavy atom. The number of fused-ring (bicyclic) bond motifs is 15. The Balaban J connectivity index is 1.11. The number of hydrogen-bond donors (Lipinski definition) is 0. The molecule has 3 nitrogen and oxygen atoms in total. The van der Waals surface area contributed by atoms with Crippen molar-refractivity contribution >= 4 is 66.7 Å². The molecule has 0 radical (unpaired) electrons. The van der Waals surface area contributed by atoms with Gasteiger partial charge >= 0.3 is 0 Å². The SMILES string of the molecule is c1ccc(N(c2ccccc2)c2ccc3c(c2)C2(c4ccccc4-3)c3ccccc3-c3c2cc(N(c2ccccc2)c2cccc4c5ccccc5n(-c5ccccc5)c24)c2ccccc32)cc1. The molecular formula is C65H43N3. The minimum Gasteiger partial charge on any atom is -0.310 e. The van der Waals surface area contributed by atoms with Crippen molar-refractivity contribution in [1.29, 1.82) is 0 Å². The number of aromatic nitrogens is 1. The number of rotatable bonds is 7. The van der Waals surface area contributed by atoms with Crippen LogP contribution in [0.25, 0.3) is 60.5 Å². The second-order valence-electron chi connectivity index (χ2n) is 18.0. The van der Waals surface area contributed by atoms with E-state index in [2.05, 4.69) is 275 Å². The van der Waals surface area contributed by atoms with Crippen molar-refractivity contribution in [3.8, 4) is 27.9 Å². The molecule has 0 amide bonds. The third-order valence-corrected chi connectivity index (χ3v) is 14.5. The molecule has 1 aromatic heterocycles. The van der Waals surface area contributed by atoms with Crippen molar-refractivity contribution in [3.63, 3.8) is 0 Å². The molecule has 1 unspecified atom stereocenters. The van der Waals surface area contributed by atoms with Gasteiger partial charge < -0.3 is 14.4 Å². The fourth-order valence-electron chi connectivity index (χ4n) is 11.9. The zero-order valence-corrected chi connectivity index (χ0v) is 37.2. The topological polar surface area (TPSA) is 11.4 Å². The van der Waals surface area contributed by atoms with Crippen LogP contribution < -0.4 is 9.80 Å². The predicted octanol–water partition coefficient (Wildman–Crippen LogP) is 17.2. The molecule has 0 bridgehead atoms. The molecule has 12 aromatic rings. The van der Waals surface area contributed by atoms with E-state index in [0.29, 0.717) is 0 Å². The first-order valence-electron chi connectivity index (χ1n) is 23.5. The fourth-order valence-corrected chi connectivity index (χ4v) is 11.9. The molecule has 14 rings (SSSR count). The molecule has 318 valence electrons. The molecule has 2 aliphatic carbocycles. The number of nitrogens with zero attached hydrogens (tertiary/aromatic N) is 3. The van der Waals surface area contributed by atoms with Crippen LogP contribution in [0.5, 0.6) is 0 Å². The van der Waals surface area contributed by atoms with Crippen LogP contribution in [-0.2, 0) is 5.41 Å². The molecule has 1 heterocycles. The van der Waals surface area contributed by atoms with Gasteiger partial charge in [0.15, 0.2) is 0 Å². The summed E-state index contributed by atoms with van der Waals surface area (Å²) >= 11 is 0. The minimum absolute atomic E-state index is 0.626. The van der Waals surface area contributed by atoms with Crippen molar-refractivity contribution in [2.24, 2.45) is 0 Å².